The molecule has 32 heavy (non-hydrogen) atoms. The predicted octanol–water partition coefficient (Wildman–Crippen LogP) is 5.71. The van der Waals surface area contributed by atoms with Gasteiger partial charge in [0.05, 0.1) is 16.6 Å². The van der Waals surface area contributed by atoms with E-state index in [2.05, 4.69) is 15.9 Å². The Morgan fingerprint density at radius 3 is 2.28 bits per heavy atom. The summed E-state index contributed by atoms with van der Waals surface area (Å²) in [5, 5.41) is 20.7. The number of hydrogen-bond acceptors (Lipinski definition) is 4. The molecule has 0 aromatic heterocycles. The van der Waals surface area contributed by atoms with Crippen LogP contribution in [0.4, 0.5) is 14.5 Å². The zero-order chi connectivity index (χ0) is 23.2. The second-order valence-electron chi connectivity index (χ2n) is 6.99. The number of phenolic OH excluding ortho intramolecular Hbond substituents is 1. The minimum atomic E-state index is -1.21. The Labute approximate surface area is 194 Å². The van der Waals surface area contributed by atoms with Crippen LogP contribution in [0.2, 0.25) is 5.02 Å². The largest absolute Gasteiger partial charge is 0.507 e. The standard InChI is InChI=1S/C23H13BrClF2NO4/c24-13-4-1-11(2-5-13)21(30)19-20(12-3-8-18(29)15(25)9-12)28(23(32)22(19)31)14-6-7-16(26)17(27)10-14/h1-10,20,29-30H/b21-19+. The van der Waals surface area contributed by atoms with Gasteiger partial charge < -0.3 is 10.2 Å². The molecule has 1 aliphatic heterocycles. The summed E-state index contributed by atoms with van der Waals surface area (Å²) in [4.78, 5) is 26.9. The fourth-order valence-corrected chi connectivity index (χ4v) is 3.96. The van der Waals surface area contributed by atoms with Crippen molar-refractivity contribution in [3.63, 3.8) is 0 Å². The minimum absolute atomic E-state index is 0.0537. The highest BCUT2D eigenvalue weighted by molar-refractivity contribution is 9.10. The van der Waals surface area contributed by atoms with Crippen molar-refractivity contribution >= 4 is 50.7 Å². The summed E-state index contributed by atoms with van der Waals surface area (Å²) >= 11 is 9.32. The molecule has 0 radical (unpaired) electrons. The van der Waals surface area contributed by atoms with Crippen molar-refractivity contribution in [2.75, 3.05) is 4.90 Å². The number of aliphatic hydroxyl groups is 1. The number of halogens is 4. The normalized spacial score (nSPS) is 17.8. The smallest absolute Gasteiger partial charge is 0.300 e. The van der Waals surface area contributed by atoms with Crippen LogP contribution in [0.25, 0.3) is 5.76 Å². The van der Waals surface area contributed by atoms with E-state index in [1.807, 2.05) is 0 Å². The molecule has 0 saturated carbocycles. The first-order valence-corrected chi connectivity index (χ1v) is 10.4. The molecule has 1 unspecified atom stereocenters. The molecule has 3 aromatic carbocycles. The van der Waals surface area contributed by atoms with Crippen LogP contribution in [0.15, 0.2) is 70.7 Å². The first-order valence-electron chi connectivity index (χ1n) is 9.19. The lowest BCUT2D eigenvalue weighted by molar-refractivity contribution is -0.132. The molecule has 1 saturated heterocycles. The van der Waals surface area contributed by atoms with E-state index in [4.69, 9.17) is 11.6 Å². The first kappa shape index (κ1) is 22.0. The van der Waals surface area contributed by atoms with Crippen LogP contribution in [0.3, 0.4) is 0 Å². The fourth-order valence-electron chi connectivity index (χ4n) is 3.51. The first-order chi connectivity index (χ1) is 15.2. The Balaban J connectivity index is 1.97. The fraction of sp³-hybridized carbons (Fsp3) is 0.0435. The van der Waals surface area contributed by atoms with Gasteiger partial charge in [-0.25, -0.2) is 8.78 Å². The summed E-state index contributed by atoms with van der Waals surface area (Å²) in [5.74, 6) is -5.05. The zero-order valence-corrected chi connectivity index (χ0v) is 18.4. The molecule has 0 aliphatic carbocycles. The predicted molar refractivity (Wildman–Crippen MR) is 118 cm³/mol. The molecule has 2 N–H and O–H groups in total. The Kier molecular flexibility index (Phi) is 5.75. The summed E-state index contributed by atoms with van der Waals surface area (Å²) in [6.07, 6.45) is 0. The summed E-state index contributed by atoms with van der Waals surface area (Å²) in [5.41, 5.74) is 0.195. The molecule has 1 aliphatic rings. The highest BCUT2D eigenvalue weighted by atomic mass is 79.9. The van der Waals surface area contributed by atoms with Crippen molar-refractivity contribution in [2.24, 2.45) is 0 Å². The van der Waals surface area contributed by atoms with E-state index in [9.17, 15) is 28.6 Å². The SMILES string of the molecule is O=C1C(=O)N(c2ccc(F)c(F)c2)C(c2ccc(O)c(Cl)c2)/C1=C(\O)c1ccc(Br)cc1. The van der Waals surface area contributed by atoms with Crippen LogP contribution in [-0.4, -0.2) is 21.9 Å². The number of hydrogen-bond donors (Lipinski definition) is 2. The van der Waals surface area contributed by atoms with Crippen LogP contribution in [0, 0.1) is 11.6 Å². The lowest BCUT2D eigenvalue weighted by Gasteiger charge is -2.25. The molecular weight excluding hydrogens is 508 g/mol. The van der Waals surface area contributed by atoms with Crippen LogP contribution in [-0.2, 0) is 9.59 Å². The molecule has 1 amide bonds. The molecule has 1 heterocycles. The third-order valence-corrected chi connectivity index (χ3v) is 5.86. The molecule has 1 fully saturated rings. The van der Waals surface area contributed by atoms with Crippen LogP contribution < -0.4 is 4.90 Å². The highest BCUT2D eigenvalue weighted by Gasteiger charge is 2.47. The summed E-state index contributed by atoms with van der Waals surface area (Å²) in [6.45, 7) is 0. The number of benzene rings is 3. The Morgan fingerprint density at radius 2 is 1.66 bits per heavy atom. The van der Waals surface area contributed by atoms with Crippen molar-refractivity contribution < 1.29 is 28.6 Å². The third-order valence-electron chi connectivity index (χ3n) is 5.03. The number of rotatable bonds is 3. The van der Waals surface area contributed by atoms with Gasteiger partial charge in [0.15, 0.2) is 11.6 Å². The Hall–Kier alpha value is -3.23. The van der Waals surface area contributed by atoms with E-state index in [1.54, 1.807) is 24.3 Å². The second kappa shape index (κ2) is 8.37. The maximum absolute atomic E-state index is 13.9. The summed E-state index contributed by atoms with van der Waals surface area (Å²) < 4.78 is 28.2. The number of amides is 1. The summed E-state index contributed by atoms with van der Waals surface area (Å²) in [7, 11) is 0. The zero-order valence-electron chi connectivity index (χ0n) is 16.0. The van der Waals surface area contributed by atoms with E-state index in [1.165, 1.54) is 18.2 Å². The number of phenols is 1. The van der Waals surface area contributed by atoms with Crippen molar-refractivity contribution in [3.8, 4) is 5.75 Å². The van der Waals surface area contributed by atoms with Crippen LogP contribution >= 0.6 is 27.5 Å². The number of carbonyl (C=O) groups is 2. The average Bonchev–Trinajstić information content (AvgIpc) is 3.03. The number of anilines is 1. The molecule has 0 bridgehead atoms. The minimum Gasteiger partial charge on any atom is -0.507 e. The van der Waals surface area contributed by atoms with Crippen molar-refractivity contribution in [3.05, 3.63) is 98.5 Å². The maximum Gasteiger partial charge on any atom is 0.300 e. The number of aromatic hydroxyl groups is 1. The van der Waals surface area contributed by atoms with Crippen molar-refractivity contribution in [1.29, 1.82) is 0 Å². The van der Waals surface area contributed by atoms with Gasteiger partial charge in [-0.2, -0.15) is 0 Å². The number of nitrogens with zero attached hydrogens (tertiary/aromatic N) is 1. The summed E-state index contributed by atoms with van der Waals surface area (Å²) in [6, 6.07) is 12.0. The lowest BCUT2D eigenvalue weighted by atomic mass is 9.95. The highest BCUT2D eigenvalue weighted by Crippen LogP contribution is 2.43. The molecule has 1 atom stereocenters. The van der Waals surface area contributed by atoms with Gasteiger partial charge in [-0.3, -0.25) is 14.5 Å². The second-order valence-corrected chi connectivity index (χ2v) is 8.31. The molecule has 9 heteroatoms. The van der Waals surface area contributed by atoms with Gasteiger partial charge in [-0.1, -0.05) is 45.7 Å². The van der Waals surface area contributed by atoms with Gasteiger partial charge in [0.25, 0.3) is 11.7 Å². The molecule has 3 aromatic rings. The van der Waals surface area contributed by atoms with Crippen molar-refractivity contribution in [2.45, 2.75) is 6.04 Å². The lowest BCUT2D eigenvalue weighted by Crippen LogP contribution is -2.29. The molecule has 162 valence electrons. The van der Waals surface area contributed by atoms with Crippen LogP contribution in [0.5, 0.6) is 5.75 Å². The van der Waals surface area contributed by atoms with E-state index in [-0.39, 0.29) is 33.2 Å². The van der Waals surface area contributed by atoms with E-state index >= 15 is 0 Å². The van der Waals surface area contributed by atoms with Crippen LogP contribution in [0.1, 0.15) is 17.2 Å². The third kappa shape index (κ3) is 3.76. The number of Topliss-reactive ketones (excluding diaryl/α,β-unsaturated/α-hetero) is 1. The molecule has 0 spiro atoms. The Morgan fingerprint density at radius 1 is 0.969 bits per heavy atom. The van der Waals surface area contributed by atoms with Gasteiger partial charge in [0, 0.05) is 21.8 Å². The van der Waals surface area contributed by atoms with Gasteiger partial charge in [0.1, 0.15) is 11.5 Å². The maximum atomic E-state index is 13.9. The van der Waals surface area contributed by atoms with Gasteiger partial charge in [-0.05, 0) is 42.0 Å². The van der Waals surface area contributed by atoms with Gasteiger partial charge in [-0.15, -0.1) is 0 Å². The molecule has 4 rings (SSSR count). The van der Waals surface area contributed by atoms with E-state index < -0.39 is 35.1 Å². The number of carbonyl (C=O) groups excluding carboxylic acids is 2. The topological polar surface area (TPSA) is 77.8 Å². The number of aliphatic hydroxyl groups excluding tert-OH is 1. The van der Waals surface area contributed by atoms with Gasteiger partial charge in [0.2, 0.25) is 0 Å². The van der Waals surface area contributed by atoms with Gasteiger partial charge >= 0.3 is 0 Å². The number of ketones is 1. The van der Waals surface area contributed by atoms with Crippen molar-refractivity contribution in [1.82, 2.24) is 0 Å². The van der Waals surface area contributed by atoms with E-state index in [0.717, 1.165) is 27.6 Å². The average molecular weight is 521 g/mol. The quantitative estimate of drug-likeness (QED) is 0.263. The molecule has 5 nitrogen and oxygen atoms in total. The molecular formula is C23H13BrClF2NO4. The monoisotopic (exact) mass is 519 g/mol. The van der Waals surface area contributed by atoms with E-state index in [0.29, 0.717) is 0 Å². The Bertz CT molecular complexity index is 1290.